The molecule has 0 spiro atoms. The van der Waals surface area contributed by atoms with Crippen molar-refractivity contribution in [3.05, 3.63) is 75.8 Å². The normalized spacial score (nSPS) is 18.8. The van der Waals surface area contributed by atoms with Crippen LogP contribution in [-0.2, 0) is 4.79 Å². The smallest absolute Gasteiger partial charge is 0.133 e. The van der Waals surface area contributed by atoms with E-state index in [4.69, 9.17) is 0 Å². The Labute approximate surface area is 195 Å². The highest BCUT2D eigenvalue weighted by atomic mass is 31.1. The molecule has 0 N–H and O–H groups in total. The Bertz CT molecular complexity index is 1080. The van der Waals surface area contributed by atoms with Gasteiger partial charge in [-0.15, -0.1) is 0 Å². The Hall–Kier alpha value is -2.24. The first-order chi connectivity index (χ1) is 15.2. The van der Waals surface area contributed by atoms with Gasteiger partial charge in [0.2, 0.25) is 0 Å². The molecule has 1 heterocycles. The van der Waals surface area contributed by atoms with Gasteiger partial charge >= 0.3 is 0 Å². The summed E-state index contributed by atoms with van der Waals surface area (Å²) in [5, 5.41) is 1.51. The van der Waals surface area contributed by atoms with E-state index in [9.17, 15) is 4.79 Å². The van der Waals surface area contributed by atoms with Crippen LogP contribution < -0.4 is 5.30 Å². The van der Waals surface area contributed by atoms with Crippen LogP contribution in [0.5, 0.6) is 0 Å². The van der Waals surface area contributed by atoms with Crippen molar-refractivity contribution in [2.75, 3.05) is 6.16 Å². The van der Waals surface area contributed by atoms with Crippen molar-refractivity contribution in [1.82, 2.24) is 0 Å². The van der Waals surface area contributed by atoms with Crippen LogP contribution in [0.15, 0.2) is 42.5 Å². The van der Waals surface area contributed by atoms with E-state index in [1.165, 1.54) is 60.9 Å². The van der Waals surface area contributed by atoms with Gasteiger partial charge in [0.1, 0.15) is 5.78 Å². The van der Waals surface area contributed by atoms with E-state index in [1.54, 1.807) is 0 Å². The maximum Gasteiger partial charge on any atom is 0.133 e. The molecule has 166 valence electrons. The first kappa shape index (κ1) is 22.9. The van der Waals surface area contributed by atoms with Crippen molar-refractivity contribution in [3.8, 4) is 22.3 Å². The zero-order valence-electron chi connectivity index (χ0n) is 20.6. The highest BCUT2D eigenvalue weighted by Crippen LogP contribution is 2.51. The predicted octanol–water partition coefficient (Wildman–Crippen LogP) is 7.73. The number of hydrogen-bond donors (Lipinski definition) is 0. The molecule has 1 nitrogen and oxygen atoms in total. The maximum atomic E-state index is 12.3. The van der Waals surface area contributed by atoms with Crippen molar-refractivity contribution in [2.45, 2.75) is 67.0 Å². The van der Waals surface area contributed by atoms with Crippen LogP contribution in [0.2, 0.25) is 0 Å². The third kappa shape index (κ3) is 4.20. The summed E-state index contributed by atoms with van der Waals surface area (Å²) in [7, 11) is -0.429. The van der Waals surface area contributed by atoms with Crippen molar-refractivity contribution < 1.29 is 4.79 Å². The molecule has 0 bridgehead atoms. The van der Waals surface area contributed by atoms with E-state index in [1.807, 2.05) is 0 Å². The second kappa shape index (κ2) is 8.95. The van der Waals surface area contributed by atoms with Gasteiger partial charge in [0.05, 0.1) is 0 Å². The fraction of sp³-hybridized carbons (Fsp3) is 0.367. The summed E-state index contributed by atoms with van der Waals surface area (Å²) in [4.78, 5) is 12.3. The topological polar surface area (TPSA) is 17.1 Å². The second-order valence-corrected chi connectivity index (χ2v) is 12.5. The lowest BCUT2D eigenvalue weighted by atomic mass is 9.89. The van der Waals surface area contributed by atoms with Gasteiger partial charge in [-0.2, -0.15) is 0 Å². The van der Waals surface area contributed by atoms with Gasteiger partial charge in [0, 0.05) is 12.8 Å². The number of rotatable bonds is 3. The summed E-state index contributed by atoms with van der Waals surface area (Å²) >= 11 is 0. The molecule has 0 aliphatic carbocycles. The van der Waals surface area contributed by atoms with Crippen LogP contribution in [0.4, 0.5) is 0 Å². The fourth-order valence-electron chi connectivity index (χ4n) is 5.81. The number of carbonyl (C=O) groups is 1. The fourth-order valence-corrected chi connectivity index (χ4v) is 8.82. The Kier molecular flexibility index (Phi) is 6.42. The van der Waals surface area contributed by atoms with E-state index in [2.05, 4.69) is 90.9 Å². The summed E-state index contributed by atoms with van der Waals surface area (Å²) in [5.41, 5.74) is 13.9. The summed E-state index contributed by atoms with van der Waals surface area (Å²) < 4.78 is 0. The Morgan fingerprint density at radius 1 is 0.750 bits per heavy atom. The second-order valence-electron chi connectivity index (χ2n) is 9.78. The van der Waals surface area contributed by atoms with Crippen LogP contribution in [0.1, 0.15) is 53.1 Å². The SMILES string of the molecule is Cc1cc(C)c(-c2cccc(-c3c(C)cc(C)cc3C)c2P2CCC(=O)CC2C)c(C)c1. The van der Waals surface area contributed by atoms with Gasteiger partial charge in [0.15, 0.2) is 0 Å². The van der Waals surface area contributed by atoms with Crippen molar-refractivity contribution in [2.24, 2.45) is 0 Å². The van der Waals surface area contributed by atoms with E-state index in [-0.39, 0.29) is 0 Å². The van der Waals surface area contributed by atoms with Crippen LogP contribution >= 0.6 is 7.92 Å². The largest absolute Gasteiger partial charge is 0.300 e. The molecular weight excluding hydrogens is 407 g/mol. The Morgan fingerprint density at radius 3 is 1.59 bits per heavy atom. The van der Waals surface area contributed by atoms with Gasteiger partial charge in [0.25, 0.3) is 0 Å². The van der Waals surface area contributed by atoms with Crippen molar-refractivity contribution >= 4 is 19.0 Å². The molecule has 4 rings (SSSR count). The minimum atomic E-state index is -0.429. The van der Waals surface area contributed by atoms with Crippen LogP contribution in [0.3, 0.4) is 0 Å². The van der Waals surface area contributed by atoms with Gasteiger partial charge in [-0.1, -0.05) is 68.4 Å². The number of Topliss-reactive ketones (excluding diaryl/α,β-unsaturated/α-hetero) is 1. The molecule has 0 radical (unpaired) electrons. The maximum absolute atomic E-state index is 12.3. The molecule has 32 heavy (non-hydrogen) atoms. The minimum Gasteiger partial charge on any atom is -0.300 e. The molecule has 0 saturated carbocycles. The van der Waals surface area contributed by atoms with E-state index >= 15 is 0 Å². The number of benzene rings is 3. The molecular formula is C30H35OP. The summed E-state index contributed by atoms with van der Waals surface area (Å²) in [6.07, 6.45) is 2.45. The molecule has 1 fully saturated rings. The third-order valence-corrected chi connectivity index (χ3v) is 9.91. The number of carbonyl (C=O) groups excluding carboxylic acids is 1. The van der Waals surface area contributed by atoms with Gasteiger partial charge in [-0.05, 0) is 103 Å². The summed E-state index contributed by atoms with van der Waals surface area (Å²) in [6, 6.07) is 16.1. The van der Waals surface area contributed by atoms with Crippen molar-refractivity contribution in [1.29, 1.82) is 0 Å². The van der Waals surface area contributed by atoms with Gasteiger partial charge < -0.3 is 0 Å². The molecule has 3 aromatic carbocycles. The molecule has 1 saturated heterocycles. The first-order valence-electron chi connectivity index (χ1n) is 11.7. The van der Waals surface area contributed by atoms with E-state index < -0.39 is 7.92 Å². The summed E-state index contributed by atoms with van der Waals surface area (Å²) in [5.74, 6) is 0.431. The highest BCUT2D eigenvalue weighted by molar-refractivity contribution is 7.67. The Morgan fingerprint density at radius 2 is 1.19 bits per heavy atom. The lowest BCUT2D eigenvalue weighted by Crippen LogP contribution is -2.26. The lowest BCUT2D eigenvalue weighted by molar-refractivity contribution is -0.118. The molecule has 3 aromatic rings. The highest BCUT2D eigenvalue weighted by Gasteiger charge is 2.31. The standard InChI is InChI=1S/C30H35OP/c1-18-13-20(3)28(21(4)14-18)26-9-8-10-27(29-22(5)15-19(2)16-23(29)6)30(26)32-12-11-25(31)17-24(32)7/h8-10,13-16,24H,11-12,17H2,1-7H3. The quantitative estimate of drug-likeness (QED) is 0.379. The molecule has 2 unspecified atom stereocenters. The molecule has 2 atom stereocenters. The number of aryl methyl sites for hydroxylation is 6. The molecule has 0 aromatic heterocycles. The van der Waals surface area contributed by atoms with Gasteiger partial charge in [-0.25, -0.2) is 0 Å². The molecule has 2 heteroatoms. The van der Waals surface area contributed by atoms with Gasteiger partial charge in [-0.3, -0.25) is 4.79 Å². The van der Waals surface area contributed by atoms with Crippen molar-refractivity contribution in [3.63, 3.8) is 0 Å². The molecule has 0 amide bonds. The summed E-state index contributed by atoms with van der Waals surface area (Å²) in [6.45, 7) is 15.6. The number of ketones is 1. The lowest BCUT2D eigenvalue weighted by Gasteiger charge is -2.33. The predicted molar refractivity (Wildman–Crippen MR) is 141 cm³/mol. The zero-order chi connectivity index (χ0) is 23.2. The average molecular weight is 443 g/mol. The first-order valence-corrected chi connectivity index (χ1v) is 13.3. The Balaban J connectivity index is 2.05. The number of hydrogen-bond acceptors (Lipinski definition) is 1. The third-order valence-electron chi connectivity index (χ3n) is 6.90. The monoisotopic (exact) mass is 442 g/mol. The average Bonchev–Trinajstić information content (AvgIpc) is 2.67. The minimum absolute atomic E-state index is 0.420. The van der Waals surface area contributed by atoms with Crippen LogP contribution in [0.25, 0.3) is 22.3 Å². The van der Waals surface area contributed by atoms with E-state index in [0.29, 0.717) is 11.4 Å². The van der Waals surface area contributed by atoms with Crippen LogP contribution in [0, 0.1) is 41.5 Å². The molecule has 1 aliphatic heterocycles. The van der Waals surface area contributed by atoms with Crippen LogP contribution in [-0.4, -0.2) is 17.6 Å². The van der Waals surface area contributed by atoms with E-state index in [0.717, 1.165) is 19.0 Å². The zero-order valence-corrected chi connectivity index (χ0v) is 21.5. The molecule has 1 aliphatic rings.